The fraction of sp³-hybridized carbons (Fsp3) is 0.111. The van der Waals surface area contributed by atoms with Gasteiger partial charge in [-0.25, -0.2) is 4.98 Å². The van der Waals surface area contributed by atoms with E-state index < -0.39 is 0 Å². The molecule has 122 valence electrons. The van der Waals surface area contributed by atoms with Gasteiger partial charge in [-0.3, -0.25) is 16.1 Å². The van der Waals surface area contributed by atoms with E-state index in [9.17, 15) is 0 Å². The molecule has 0 amide bonds. The van der Waals surface area contributed by atoms with Gasteiger partial charge in [0.05, 0.1) is 5.52 Å². The molecule has 1 atom stereocenters. The van der Waals surface area contributed by atoms with Crippen LogP contribution < -0.4 is 16.0 Å². The number of nitrogens with one attached hydrogen (secondary N) is 2. The molecule has 5 N–H and O–H groups in total. The van der Waals surface area contributed by atoms with Gasteiger partial charge in [0.15, 0.2) is 0 Å². The van der Waals surface area contributed by atoms with Crippen LogP contribution in [0.4, 0.5) is 5.82 Å². The average Bonchev–Trinajstić information content (AvgIpc) is 2.61. The Morgan fingerprint density at radius 1 is 1.21 bits per heavy atom. The number of para-hydroxylation sites is 1. The topological polar surface area (TPSA) is 104 Å². The van der Waals surface area contributed by atoms with Crippen molar-refractivity contribution in [2.75, 3.05) is 5.73 Å². The first-order valence-electron chi connectivity index (χ1n) is 7.49. The number of pyridine rings is 1. The Hall–Kier alpha value is -3.12. The molecule has 0 aliphatic heterocycles. The van der Waals surface area contributed by atoms with E-state index in [2.05, 4.69) is 4.98 Å². The Bertz CT molecular complexity index is 878. The highest BCUT2D eigenvalue weighted by Gasteiger charge is 2.12. The molecule has 1 unspecified atom stereocenters. The number of nitrogens with two attached hydrogens (primary N) is 1. The molecule has 24 heavy (non-hydrogen) atoms. The smallest absolute Gasteiger partial charge is 0.149 e. The molecule has 6 heteroatoms. The fourth-order valence-corrected chi connectivity index (χ4v) is 2.50. The molecule has 0 saturated heterocycles. The van der Waals surface area contributed by atoms with E-state index in [0.717, 1.165) is 16.5 Å². The maximum Gasteiger partial charge on any atom is 0.149 e. The summed E-state index contributed by atoms with van der Waals surface area (Å²) < 4.78 is 6.08. The van der Waals surface area contributed by atoms with E-state index in [1.54, 1.807) is 18.2 Å². The van der Waals surface area contributed by atoms with Crippen molar-refractivity contribution in [1.82, 2.24) is 10.5 Å². The summed E-state index contributed by atoms with van der Waals surface area (Å²) in [5, 5.41) is 17.2. The minimum Gasteiger partial charge on any atom is -0.485 e. The maximum absolute atomic E-state index is 8.77. The second-order valence-electron chi connectivity index (χ2n) is 5.43. The fourth-order valence-electron chi connectivity index (χ4n) is 2.50. The summed E-state index contributed by atoms with van der Waals surface area (Å²) in [6.45, 7) is 1.94. The highest BCUT2D eigenvalue weighted by atomic mass is 16.5. The molecule has 0 aliphatic rings. The number of fused-ring (bicyclic) bond motifs is 1. The highest BCUT2D eigenvalue weighted by Crippen LogP contribution is 2.30. The molecular formula is C18H18N4O2. The lowest BCUT2D eigenvalue weighted by molar-refractivity contribution is 0.230. The van der Waals surface area contributed by atoms with Crippen LogP contribution in [0.5, 0.6) is 5.75 Å². The number of anilines is 1. The van der Waals surface area contributed by atoms with Crippen LogP contribution in [0.3, 0.4) is 0 Å². The minimum absolute atomic E-state index is 0.0528. The number of hydrogen-bond donors (Lipinski definition) is 4. The molecule has 0 bridgehead atoms. The molecule has 0 saturated carbocycles. The summed E-state index contributed by atoms with van der Waals surface area (Å²) in [5.74, 6) is 1.04. The first-order valence-corrected chi connectivity index (χ1v) is 7.49. The monoisotopic (exact) mass is 322 g/mol. The van der Waals surface area contributed by atoms with Crippen molar-refractivity contribution in [3.05, 3.63) is 65.7 Å². The predicted molar refractivity (Wildman–Crippen MR) is 93.4 cm³/mol. The molecular weight excluding hydrogens is 304 g/mol. The molecule has 3 rings (SSSR count). The third kappa shape index (κ3) is 3.13. The summed E-state index contributed by atoms with van der Waals surface area (Å²) in [7, 11) is 0. The van der Waals surface area contributed by atoms with Crippen LogP contribution in [0.2, 0.25) is 0 Å². The summed E-state index contributed by atoms with van der Waals surface area (Å²) in [4.78, 5) is 4.30. The van der Waals surface area contributed by atoms with Gasteiger partial charge in [0.25, 0.3) is 0 Å². The van der Waals surface area contributed by atoms with E-state index in [1.165, 1.54) is 0 Å². The van der Waals surface area contributed by atoms with E-state index in [1.807, 2.05) is 48.8 Å². The number of benzene rings is 2. The van der Waals surface area contributed by atoms with Gasteiger partial charge < -0.3 is 10.5 Å². The van der Waals surface area contributed by atoms with Gasteiger partial charge in [0.2, 0.25) is 0 Å². The Balaban J connectivity index is 1.87. The number of nitrogens with zero attached hydrogens (tertiary/aromatic N) is 1. The summed E-state index contributed by atoms with van der Waals surface area (Å²) in [6, 6.07) is 16.6. The zero-order valence-corrected chi connectivity index (χ0v) is 13.2. The van der Waals surface area contributed by atoms with Crippen LogP contribution in [0.25, 0.3) is 10.9 Å². The summed E-state index contributed by atoms with van der Waals surface area (Å²) in [5.41, 5.74) is 10.0. The van der Waals surface area contributed by atoms with Gasteiger partial charge in [-0.05, 0) is 24.6 Å². The van der Waals surface area contributed by atoms with Crippen molar-refractivity contribution >= 4 is 22.6 Å². The first kappa shape index (κ1) is 15.8. The van der Waals surface area contributed by atoms with Crippen LogP contribution >= 0.6 is 0 Å². The van der Waals surface area contributed by atoms with Crippen LogP contribution in [-0.4, -0.2) is 16.0 Å². The van der Waals surface area contributed by atoms with E-state index in [4.69, 9.17) is 21.1 Å². The van der Waals surface area contributed by atoms with E-state index >= 15 is 0 Å². The highest BCUT2D eigenvalue weighted by molar-refractivity contribution is 5.95. The van der Waals surface area contributed by atoms with Gasteiger partial charge in [-0.15, -0.1) is 0 Å². The van der Waals surface area contributed by atoms with Crippen LogP contribution in [-0.2, 0) is 0 Å². The first-order chi connectivity index (χ1) is 11.6. The van der Waals surface area contributed by atoms with Crippen molar-refractivity contribution < 1.29 is 9.94 Å². The third-order valence-electron chi connectivity index (χ3n) is 3.78. The zero-order chi connectivity index (χ0) is 17.1. The second-order valence-corrected chi connectivity index (χ2v) is 5.43. The number of nitrogen functional groups attached to an aromatic ring is 1. The Morgan fingerprint density at radius 2 is 1.92 bits per heavy atom. The molecule has 2 aromatic carbocycles. The third-order valence-corrected chi connectivity index (χ3v) is 3.78. The van der Waals surface area contributed by atoms with Crippen molar-refractivity contribution in [1.29, 1.82) is 5.41 Å². The number of hydrogen-bond acceptors (Lipinski definition) is 5. The van der Waals surface area contributed by atoms with Gasteiger partial charge in [-0.2, -0.15) is 0 Å². The quantitative estimate of drug-likeness (QED) is 0.335. The summed E-state index contributed by atoms with van der Waals surface area (Å²) >= 11 is 0. The molecule has 0 aliphatic carbocycles. The molecule has 0 radical (unpaired) electrons. The number of rotatable bonds is 4. The largest absolute Gasteiger partial charge is 0.485 e. The Labute approximate surface area is 139 Å². The lowest BCUT2D eigenvalue weighted by atomic mass is 10.1. The normalized spacial score (nSPS) is 11.9. The van der Waals surface area contributed by atoms with Gasteiger partial charge in [-0.1, -0.05) is 36.4 Å². The van der Waals surface area contributed by atoms with Crippen molar-refractivity contribution in [3.63, 3.8) is 0 Å². The van der Waals surface area contributed by atoms with Crippen molar-refractivity contribution in [3.8, 4) is 5.75 Å². The van der Waals surface area contributed by atoms with Crippen LogP contribution in [0, 0.1) is 5.41 Å². The number of aromatic nitrogens is 1. The van der Waals surface area contributed by atoms with Crippen LogP contribution in [0.15, 0.2) is 54.6 Å². The Kier molecular flexibility index (Phi) is 4.31. The summed E-state index contributed by atoms with van der Waals surface area (Å²) in [6.07, 6.45) is -0.208. The SMILES string of the molecule is CC(Oc1cc(N)nc2ccccc12)c1ccc(C(=N)NO)cc1. The van der Waals surface area contributed by atoms with Crippen molar-refractivity contribution in [2.24, 2.45) is 0 Å². The molecule has 0 spiro atoms. The van der Waals surface area contributed by atoms with Gasteiger partial charge in [0.1, 0.15) is 23.5 Å². The standard InChI is InChI=1S/C18H18N4O2/c1-11(12-6-8-13(9-7-12)18(20)22-23)24-16-10-17(19)21-15-5-3-2-4-14(15)16/h2-11,23H,1H3,(H2,19,21)(H2,20,22). The molecule has 0 fully saturated rings. The van der Waals surface area contributed by atoms with Crippen LogP contribution in [0.1, 0.15) is 24.2 Å². The number of ether oxygens (including phenoxy) is 1. The molecule has 3 aromatic rings. The lowest BCUT2D eigenvalue weighted by Crippen LogP contribution is -2.18. The zero-order valence-electron chi connectivity index (χ0n) is 13.2. The molecule has 1 aromatic heterocycles. The van der Waals surface area contributed by atoms with Gasteiger partial charge >= 0.3 is 0 Å². The minimum atomic E-state index is -0.208. The Morgan fingerprint density at radius 3 is 2.62 bits per heavy atom. The lowest BCUT2D eigenvalue weighted by Gasteiger charge is -2.17. The van der Waals surface area contributed by atoms with E-state index in [-0.39, 0.29) is 11.9 Å². The van der Waals surface area contributed by atoms with Crippen molar-refractivity contribution in [2.45, 2.75) is 13.0 Å². The maximum atomic E-state index is 8.77. The van der Waals surface area contributed by atoms with E-state index in [0.29, 0.717) is 17.1 Å². The predicted octanol–water partition coefficient (Wildman–Crippen LogP) is 3.26. The average molecular weight is 322 g/mol. The second kappa shape index (κ2) is 6.55. The number of hydroxylamine groups is 1. The molecule has 6 nitrogen and oxygen atoms in total. The molecule has 1 heterocycles. The number of amidine groups is 1. The van der Waals surface area contributed by atoms with Gasteiger partial charge in [0, 0.05) is 17.0 Å².